The summed E-state index contributed by atoms with van der Waals surface area (Å²) in [7, 11) is 2.07. The second-order valence-corrected chi connectivity index (χ2v) is 6.84. The van der Waals surface area contributed by atoms with E-state index >= 15 is 0 Å². The Balaban J connectivity index is 2.72. The first-order valence-corrected chi connectivity index (χ1v) is 7.56. The molecule has 1 aliphatic rings. The van der Waals surface area contributed by atoms with Crippen LogP contribution in [0.1, 0.15) is 53.9 Å². The molecule has 0 bridgehead atoms. The predicted molar refractivity (Wildman–Crippen MR) is 79.8 cm³/mol. The van der Waals surface area contributed by atoms with Crippen molar-refractivity contribution in [3.63, 3.8) is 0 Å². The third-order valence-corrected chi connectivity index (χ3v) is 4.19. The van der Waals surface area contributed by atoms with Crippen LogP contribution in [0.25, 0.3) is 0 Å². The average Bonchev–Trinajstić information content (AvgIpc) is 2.36. The second kappa shape index (κ2) is 6.35. The fraction of sp³-hybridized carbons (Fsp3) is 0.875. The largest absolute Gasteiger partial charge is 0.354 e. The van der Waals surface area contributed by atoms with Gasteiger partial charge in [0.2, 0.25) is 0 Å². The first kappa shape index (κ1) is 17.3. The molecule has 20 heavy (non-hydrogen) atoms. The van der Waals surface area contributed by atoms with Crippen LogP contribution in [-0.2, 0) is 14.3 Å². The molecule has 0 N–H and O–H groups in total. The molecule has 4 heteroatoms. The maximum absolute atomic E-state index is 12.7. The van der Waals surface area contributed by atoms with E-state index in [1.807, 2.05) is 6.92 Å². The smallest absolute Gasteiger partial charge is 0.167 e. The van der Waals surface area contributed by atoms with Crippen LogP contribution in [0.2, 0.25) is 0 Å². The Morgan fingerprint density at radius 2 is 1.60 bits per heavy atom. The van der Waals surface area contributed by atoms with E-state index in [9.17, 15) is 9.59 Å². The van der Waals surface area contributed by atoms with Crippen molar-refractivity contribution >= 4 is 11.6 Å². The summed E-state index contributed by atoms with van der Waals surface area (Å²) in [4.78, 5) is 26.8. The van der Waals surface area contributed by atoms with Crippen LogP contribution in [0.3, 0.4) is 0 Å². The van der Waals surface area contributed by atoms with Crippen molar-refractivity contribution in [1.82, 2.24) is 4.90 Å². The standard InChI is InChI=1S/C16H29NO3/c1-7-13(18)15(2,3)20-16(4,5)14(19)12-8-10-17(6)11-9-12/h12H,7-11H2,1-6H3. The molecule has 0 saturated carbocycles. The fourth-order valence-electron chi connectivity index (χ4n) is 2.93. The summed E-state index contributed by atoms with van der Waals surface area (Å²) in [6, 6.07) is 0. The number of rotatable bonds is 6. The van der Waals surface area contributed by atoms with Crippen LogP contribution in [0.5, 0.6) is 0 Å². The second-order valence-electron chi connectivity index (χ2n) is 6.84. The normalized spacial score (nSPS) is 19.1. The van der Waals surface area contributed by atoms with Gasteiger partial charge in [0, 0.05) is 12.3 Å². The summed E-state index contributed by atoms with van der Waals surface area (Å²) >= 11 is 0. The van der Waals surface area contributed by atoms with Gasteiger partial charge in [0.25, 0.3) is 0 Å². The van der Waals surface area contributed by atoms with Gasteiger partial charge in [0.15, 0.2) is 11.6 Å². The molecule has 1 fully saturated rings. The highest BCUT2D eigenvalue weighted by molar-refractivity contribution is 5.90. The van der Waals surface area contributed by atoms with Crippen LogP contribution < -0.4 is 0 Å². The van der Waals surface area contributed by atoms with E-state index < -0.39 is 11.2 Å². The molecule has 1 rings (SSSR count). The minimum atomic E-state index is -0.908. The summed E-state index contributed by atoms with van der Waals surface area (Å²) in [5.41, 5.74) is -1.81. The van der Waals surface area contributed by atoms with Gasteiger partial charge in [-0.25, -0.2) is 0 Å². The fourth-order valence-corrected chi connectivity index (χ4v) is 2.93. The van der Waals surface area contributed by atoms with Gasteiger partial charge in [-0.1, -0.05) is 6.92 Å². The third kappa shape index (κ3) is 4.13. The van der Waals surface area contributed by atoms with Crippen molar-refractivity contribution in [2.45, 2.75) is 65.1 Å². The monoisotopic (exact) mass is 283 g/mol. The molecule has 0 spiro atoms. The topological polar surface area (TPSA) is 46.6 Å². The number of Topliss-reactive ketones (excluding diaryl/α,β-unsaturated/α-hetero) is 2. The Morgan fingerprint density at radius 1 is 1.10 bits per heavy atom. The Labute approximate surface area is 122 Å². The average molecular weight is 283 g/mol. The van der Waals surface area contributed by atoms with Crippen molar-refractivity contribution in [2.75, 3.05) is 20.1 Å². The molecule has 0 atom stereocenters. The third-order valence-electron chi connectivity index (χ3n) is 4.19. The molecule has 0 amide bonds. The molecule has 4 nitrogen and oxygen atoms in total. The zero-order valence-electron chi connectivity index (χ0n) is 13.8. The van der Waals surface area contributed by atoms with Gasteiger partial charge in [-0.3, -0.25) is 9.59 Å². The number of likely N-dealkylation sites (tertiary alicyclic amines) is 1. The molecular weight excluding hydrogens is 254 g/mol. The maximum Gasteiger partial charge on any atom is 0.167 e. The van der Waals surface area contributed by atoms with Gasteiger partial charge < -0.3 is 9.64 Å². The molecule has 1 heterocycles. The van der Waals surface area contributed by atoms with E-state index in [1.54, 1.807) is 27.7 Å². The number of ketones is 2. The van der Waals surface area contributed by atoms with E-state index in [1.165, 1.54) is 0 Å². The van der Waals surface area contributed by atoms with Gasteiger partial charge in [-0.05, 0) is 60.7 Å². The SMILES string of the molecule is CCC(=O)C(C)(C)OC(C)(C)C(=O)C1CCN(C)CC1. The molecule has 0 aromatic rings. The van der Waals surface area contributed by atoms with Gasteiger partial charge in [-0.15, -0.1) is 0 Å². The zero-order valence-corrected chi connectivity index (χ0v) is 13.8. The summed E-state index contributed by atoms with van der Waals surface area (Å²) < 4.78 is 5.91. The molecule has 0 radical (unpaired) electrons. The minimum Gasteiger partial charge on any atom is -0.354 e. The molecule has 1 saturated heterocycles. The number of carbonyl (C=O) groups excluding carboxylic acids is 2. The van der Waals surface area contributed by atoms with Crippen LogP contribution in [0.4, 0.5) is 0 Å². The molecular formula is C16H29NO3. The minimum absolute atomic E-state index is 0.0294. The van der Waals surface area contributed by atoms with Crippen molar-refractivity contribution in [3.8, 4) is 0 Å². The van der Waals surface area contributed by atoms with E-state index in [0.29, 0.717) is 6.42 Å². The summed E-state index contributed by atoms with van der Waals surface area (Å²) in [6.45, 7) is 10.8. The van der Waals surface area contributed by atoms with Gasteiger partial charge in [0.1, 0.15) is 11.2 Å². The van der Waals surface area contributed by atoms with E-state index in [-0.39, 0.29) is 17.5 Å². The van der Waals surface area contributed by atoms with Crippen molar-refractivity contribution < 1.29 is 14.3 Å². The lowest BCUT2D eigenvalue weighted by Crippen LogP contribution is -2.50. The highest BCUT2D eigenvalue weighted by Crippen LogP contribution is 2.29. The lowest BCUT2D eigenvalue weighted by Gasteiger charge is -2.37. The molecule has 116 valence electrons. The summed E-state index contributed by atoms with van der Waals surface area (Å²) in [5.74, 6) is 0.207. The first-order chi connectivity index (χ1) is 9.10. The van der Waals surface area contributed by atoms with E-state index in [0.717, 1.165) is 25.9 Å². The molecule has 0 aromatic carbocycles. The highest BCUT2D eigenvalue weighted by Gasteiger charge is 2.41. The van der Waals surface area contributed by atoms with Gasteiger partial charge >= 0.3 is 0 Å². The molecule has 0 aliphatic carbocycles. The number of carbonyl (C=O) groups is 2. The quantitative estimate of drug-likeness (QED) is 0.751. The van der Waals surface area contributed by atoms with Gasteiger partial charge in [-0.2, -0.15) is 0 Å². The maximum atomic E-state index is 12.7. The first-order valence-electron chi connectivity index (χ1n) is 7.56. The Kier molecular flexibility index (Phi) is 5.50. The number of hydrogen-bond donors (Lipinski definition) is 0. The van der Waals surface area contributed by atoms with Crippen LogP contribution in [0, 0.1) is 5.92 Å². The molecule has 0 unspecified atom stereocenters. The summed E-state index contributed by atoms with van der Waals surface area (Å²) in [5, 5.41) is 0. The van der Waals surface area contributed by atoms with Gasteiger partial charge in [0.05, 0.1) is 0 Å². The van der Waals surface area contributed by atoms with Crippen molar-refractivity contribution in [3.05, 3.63) is 0 Å². The highest BCUT2D eigenvalue weighted by atomic mass is 16.5. The lowest BCUT2D eigenvalue weighted by molar-refractivity contribution is -0.172. The number of hydrogen-bond acceptors (Lipinski definition) is 4. The van der Waals surface area contributed by atoms with E-state index in [2.05, 4.69) is 11.9 Å². The Morgan fingerprint density at radius 3 is 2.05 bits per heavy atom. The Bertz CT molecular complexity index is 366. The van der Waals surface area contributed by atoms with Crippen LogP contribution in [0.15, 0.2) is 0 Å². The molecule has 0 aromatic heterocycles. The van der Waals surface area contributed by atoms with Crippen molar-refractivity contribution in [2.24, 2.45) is 5.92 Å². The Hall–Kier alpha value is -0.740. The van der Waals surface area contributed by atoms with Crippen molar-refractivity contribution in [1.29, 1.82) is 0 Å². The predicted octanol–water partition coefficient (Wildman–Crippen LogP) is 2.45. The molecule has 1 aliphatic heterocycles. The van der Waals surface area contributed by atoms with Crippen LogP contribution in [-0.4, -0.2) is 47.8 Å². The number of nitrogens with zero attached hydrogens (tertiary/aromatic N) is 1. The lowest BCUT2D eigenvalue weighted by atomic mass is 9.84. The van der Waals surface area contributed by atoms with Crippen LogP contribution >= 0.6 is 0 Å². The van der Waals surface area contributed by atoms with E-state index in [4.69, 9.17) is 4.74 Å². The number of piperidine rings is 1. The summed E-state index contributed by atoms with van der Waals surface area (Å²) in [6.07, 6.45) is 2.18. The zero-order chi connectivity index (χ0) is 15.6. The number of ether oxygens (including phenoxy) is 1.